The van der Waals surface area contributed by atoms with Crippen molar-refractivity contribution in [2.24, 2.45) is 0 Å². The number of ether oxygens (including phenoxy) is 2. The molecule has 0 unspecified atom stereocenters. The number of hydrogen-bond donors (Lipinski definition) is 1. The van der Waals surface area contributed by atoms with Crippen molar-refractivity contribution in [1.29, 1.82) is 0 Å². The quantitative estimate of drug-likeness (QED) is 0.197. The Kier molecular flexibility index (Phi) is 8.43. The summed E-state index contributed by atoms with van der Waals surface area (Å²) in [6.45, 7) is 2.40. The van der Waals surface area contributed by atoms with E-state index in [1.54, 1.807) is 24.3 Å². The third-order valence-electron chi connectivity index (χ3n) is 4.18. The Balaban J connectivity index is 2.06. The highest BCUT2D eigenvalue weighted by Gasteiger charge is 2.23. The monoisotopic (exact) mass is 431 g/mol. The zero-order chi connectivity index (χ0) is 22.8. The van der Waals surface area contributed by atoms with E-state index in [0.717, 1.165) is 31.0 Å². The number of carbonyl (C=O) groups is 2. The van der Waals surface area contributed by atoms with Crippen LogP contribution in [-0.4, -0.2) is 28.5 Å². The highest BCUT2D eigenvalue weighted by molar-refractivity contribution is 5.77. The Morgan fingerprint density at radius 2 is 1.74 bits per heavy atom. The van der Waals surface area contributed by atoms with E-state index in [2.05, 4.69) is 5.32 Å². The van der Waals surface area contributed by atoms with Crippen molar-refractivity contribution in [2.45, 2.75) is 32.7 Å². The molecule has 0 aliphatic carbocycles. The van der Waals surface area contributed by atoms with Gasteiger partial charge in [-0.2, -0.15) is 0 Å². The number of carbonyl (C=O) groups excluding carboxylic acids is 2. The minimum atomic E-state index is -0.863. The summed E-state index contributed by atoms with van der Waals surface area (Å²) in [5, 5.41) is 24.6. The maximum Gasteiger partial charge on any atom is 0.407 e. The molecule has 2 aromatic carbocycles. The Bertz CT molecular complexity index is 977. The van der Waals surface area contributed by atoms with Crippen LogP contribution in [-0.2, 0) is 22.5 Å². The maximum absolute atomic E-state index is 12.3. The van der Waals surface area contributed by atoms with E-state index < -0.39 is 39.0 Å². The summed E-state index contributed by atoms with van der Waals surface area (Å²) in [5.74, 6) is -1.19. The fourth-order valence-electron chi connectivity index (χ4n) is 2.59. The van der Waals surface area contributed by atoms with Crippen LogP contribution in [0.2, 0.25) is 0 Å². The van der Waals surface area contributed by atoms with Gasteiger partial charge in [-0.1, -0.05) is 37.6 Å². The first kappa shape index (κ1) is 23.3. The molecule has 0 atom stereocenters. The summed E-state index contributed by atoms with van der Waals surface area (Å²) in [6, 6.07) is 9.54. The third kappa shape index (κ3) is 7.07. The van der Waals surface area contributed by atoms with Crippen LogP contribution in [0.1, 0.15) is 30.9 Å². The number of nitrogens with zero attached hydrogens (tertiary/aromatic N) is 2. The van der Waals surface area contributed by atoms with Gasteiger partial charge in [0, 0.05) is 12.6 Å². The highest BCUT2D eigenvalue weighted by Crippen LogP contribution is 2.31. The molecule has 0 saturated heterocycles. The Morgan fingerprint density at radius 3 is 2.39 bits per heavy atom. The molecule has 11 nitrogen and oxygen atoms in total. The number of rotatable bonds is 10. The van der Waals surface area contributed by atoms with E-state index in [0.29, 0.717) is 17.7 Å². The largest absolute Gasteiger partial charge is 0.450 e. The first-order valence-electron chi connectivity index (χ1n) is 9.42. The van der Waals surface area contributed by atoms with Crippen LogP contribution in [0.15, 0.2) is 42.5 Å². The van der Waals surface area contributed by atoms with E-state index in [-0.39, 0.29) is 13.0 Å². The minimum absolute atomic E-state index is 0.117. The Morgan fingerprint density at radius 1 is 1.03 bits per heavy atom. The molecule has 0 heterocycles. The predicted molar refractivity (Wildman–Crippen MR) is 109 cm³/mol. The van der Waals surface area contributed by atoms with Crippen LogP contribution < -0.4 is 10.1 Å². The molecule has 0 radical (unpaired) electrons. The van der Waals surface area contributed by atoms with Crippen LogP contribution in [0.3, 0.4) is 0 Å². The molecule has 2 rings (SSSR count). The van der Waals surface area contributed by atoms with Crippen LogP contribution >= 0.6 is 0 Å². The highest BCUT2D eigenvalue weighted by atomic mass is 16.6. The summed E-state index contributed by atoms with van der Waals surface area (Å²) >= 11 is 0. The molecule has 0 spiro atoms. The summed E-state index contributed by atoms with van der Waals surface area (Å²) < 4.78 is 10.1. The van der Waals surface area contributed by atoms with Gasteiger partial charge in [0.1, 0.15) is 0 Å². The molecule has 164 valence electrons. The topological polar surface area (TPSA) is 151 Å². The smallest absolute Gasteiger partial charge is 0.407 e. The zero-order valence-electron chi connectivity index (χ0n) is 16.7. The number of benzene rings is 2. The molecule has 0 aliphatic heterocycles. The first-order chi connectivity index (χ1) is 14.8. The minimum Gasteiger partial charge on any atom is -0.450 e. The number of nitro groups is 2. The first-order valence-corrected chi connectivity index (χ1v) is 9.42. The molecular weight excluding hydrogens is 410 g/mol. The summed E-state index contributed by atoms with van der Waals surface area (Å²) in [7, 11) is 0. The van der Waals surface area contributed by atoms with Gasteiger partial charge in [-0.15, -0.1) is 0 Å². The number of unbranched alkanes of at least 4 members (excludes halogenated alkanes) is 1. The van der Waals surface area contributed by atoms with E-state index in [9.17, 15) is 29.8 Å². The van der Waals surface area contributed by atoms with Gasteiger partial charge >= 0.3 is 17.7 Å². The SMILES string of the molecule is CCCCOC(=O)NCc1ccccc1CC(=O)Oc1ccc([N+](=O)[O-])cc1[N+](=O)[O-]. The number of non-ortho nitro benzene ring substituents is 1. The van der Waals surface area contributed by atoms with Crippen molar-refractivity contribution in [3.63, 3.8) is 0 Å². The fourth-order valence-corrected chi connectivity index (χ4v) is 2.59. The number of alkyl carbamates (subject to hydrolysis) is 1. The van der Waals surface area contributed by atoms with Gasteiger partial charge in [-0.05, 0) is 23.6 Å². The van der Waals surface area contributed by atoms with E-state index in [4.69, 9.17) is 9.47 Å². The number of esters is 1. The second kappa shape index (κ2) is 11.2. The molecule has 0 aromatic heterocycles. The summed E-state index contributed by atoms with van der Waals surface area (Å²) in [6.07, 6.45) is 0.847. The molecular formula is C20H21N3O8. The Labute approximate surface area is 177 Å². The summed E-state index contributed by atoms with van der Waals surface area (Å²) in [5.41, 5.74) is 0.0112. The molecule has 11 heteroatoms. The van der Waals surface area contributed by atoms with Gasteiger partial charge in [0.15, 0.2) is 0 Å². The van der Waals surface area contributed by atoms with Crippen LogP contribution in [0, 0.1) is 20.2 Å². The number of nitro benzene ring substituents is 2. The lowest BCUT2D eigenvalue weighted by Crippen LogP contribution is -2.25. The van der Waals surface area contributed by atoms with Crippen LogP contribution in [0.5, 0.6) is 5.75 Å². The van der Waals surface area contributed by atoms with Gasteiger partial charge in [0.2, 0.25) is 5.75 Å². The van der Waals surface area contributed by atoms with Gasteiger partial charge in [-0.25, -0.2) is 4.79 Å². The van der Waals surface area contributed by atoms with Crippen LogP contribution in [0.25, 0.3) is 0 Å². The van der Waals surface area contributed by atoms with Gasteiger partial charge in [-0.3, -0.25) is 25.0 Å². The second-order valence-electron chi connectivity index (χ2n) is 6.43. The van der Waals surface area contributed by atoms with Crippen molar-refractivity contribution < 1.29 is 28.9 Å². The lowest BCUT2D eigenvalue weighted by atomic mass is 10.0. The van der Waals surface area contributed by atoms with Crippen LogP contribution in [0.4, 0.5) is 16.2 Å². The van der Waals surface area contributed by atoms with E-state index in [1.165, 1.54) is 0 Å². The molecule has 1 amide bonds. The van der Waals surface area contributed by atoms with E-state index >= 15 is 0 Å². The molecule has 0 fully saturated rings. The van der Waals surface area contributed by atoms with Crippen molar-refractivity contribution in [3.05, 3.63) is 73.8 Å². The molecule has 0 saturated carbocycles. The number of hydrogen-bond acceptors (Lipinski definition) is 8. The standard InChI is InChI=1S/C20H21N3O8/c1-2-3-10-30-20(25)21-13-15-7-5-4-6-14(15)11-19(24)31-18-9-8-16(22(26)27)12-17(18)23(28)29/h4-9,12H,2-3,10-11,13H2,1H3,(H,21,25). The van der Waals surface area contributed by atoms with Gasteiger partial charge in [0.05, 0.1) is 28.9 Å². The second-order valence-corrected chi connectivity index (χ2v) is 6.43. The van der Waals surface area contributed by atoms with Gasteiger partial charge in [0.25, 0.3) is 5.69 Å². The van der Waals surface area contributed by atoms with Crippen molar-refractivity contribution in [1.82, 2.24) is 5.32 Å². The summed E-state index contributed by atoms with van der Waals surface area (Å²) in [4.78, 5) is 44.4. The molecule has 0 aliphatic rings. The number of nitrogens with one attached hydrogen (secondary N) is 1. The van der Waals surface area contributed by atoms with Crippen molar-refractivity contribution in [2.75, 3.05) is 6.61 Å². The molecule has 31 heavy (non-hydrogen) atoms. The normalized spacial score (nSPS) is 10.2. The van der Waals surface area contributed by atoms with Crippen molar-refractivity contribution >= 4 is 23.4 Å². The Hall–Kier alpha value is -4.02. The van der Waals surface area contributed by atoms with Gasteiger partial charge < -0.3 is 14.8 Å². The lowest BCUT2D eigenvalue weighted by Gasteiger charge is -2.11. The average molecular weight is 431 g/mol. The molecule has 0 bridgehead atoms. The third-order valence-corrected chi connectivity index (χ3v) is 4.18. The lowest BCUT2D eigenvalue weighted by molar-refractivity contribution is -0.394. The zero-order valence-corrected chi connectivity index (χ0v) is 16.7. The van der Waals surface area contributed by atoms with Crippen molar-refractivity contribution in [3.8, 4) is 5.75 Å². The average Bonchev–Trinajstić information content (AvgIpc) is 2.73. The molecule has 2 aromatic rings. The fraction of sp³-hybridized carbons (Fsp3) is 0.300. The number of amides is 1. The molecule has 1 N–H and O–H groups in total. The van der Waals surface area contributed by atoms with E-state index in [1.807, 2.05) is 6.92 Å². The predicted octanol–water partition coefficient (Wildman–Crippen LogP) is 3.68. The maximum atomic E-state index is 12.3.